The standard InChI is InChI=1S/C16H9ClFN3/c17-12-5-3-6-13(18)16(12)21-15-8-10(9-19)11-4-1-2-7-14(11)20-15/h1-8H,(H,20,21). The lowest BCUT2D eigenvalue weighted by atomic mass is 10.1. The summed E-state index contributed by atoms with van der Waals surface area (Å²) in [5.74, 6) is -0.104. The molecule has 0 spiro atoms. The third kappa shape index (κ3) is 2.51. The van der Waals surface area contributed by atoms with Crippen LogP contribution in [0.1, 0.15) is 5.56 Å². The van der Waals surface area contributed by atoms with Gasteiger partial charge in [-0.2, -0.15) is 5.26 Å². The van der Waals surface area contributed by atoms with E-state index >= 15 is 0 Å². The number of aromatic nitrogens is 1. The fourth-order valence-corrected chi connectivity index (χ4v) is 2.29. The molecule has 0 aliphatic heterocycles. The molecule has 102 valence electrons. The molecule has 21 heavy (non-hydrogen) atoms. The molecule has 0 bridgehead atoms. The molecule has 3 rings (SSSR count). The van der Waals surface area contributed by atoms with Gasteiger partial charge in [-0.05, 0) is 24.3 Å². The first-order chi connectivity index (χ1) is 10.2. The van der Waals surface area contributed by atoms with E-state index in [4.69, 9.17) is 11.6 Å². The second kappa shape index (κ2) is 5.39. The van der Waals surface area contributed by atoms with E-state index in [1.807, 2.05) is 18.2 Å². The number of hydrogen-bond acceptors (Lipinski definition) is 3. The van der Waals surface area contributed by atoms with Gasteiger partial charge in [-0.3, -0.25) is 0 Å². The highest BCUT2D eigenvalue weighted by molar-refractivity contribution is 6.33. The fourth-order valence-electron chi connectivity index (χ4n) is 2.08. The van der Waals surface area contributed by atoms with Gasteiger partial charge in [-0.15, -0.1) is 0 Å². The lowest BCUT2D eigenvalue weighted by Gasteiger charge is -2.10. The van der Waals surface area contributed by atoms with Crippen LogP contribution in [0.4, 0.5) is 15.9 Å². The molecule has 1 aromatic heterocycles. The summed E-state index contributed by atoms with van der Waals surface area (Å²) in [7, 11) is 0. The molecule has 0 amide bonds. The van der Waals surface area contributed by atoms with E-state index in [1.54, 1.807) is 18.2 Å². The number of nitrogens with one attached hydrogen (secondary N) is 1. The number of nitrogens with zero attached hydrogens (tertiary/aromatic N) is 2. The average Bonchev–Trinajstić information content (AvgIpc) is 2.50. The van der Waals surface area contributed by atoms with Crippen LogP contribution >= 0.6 is 11.6 Å². The van der Waals surface area contributed by atoms with Gasteiger partial charge >= 0.3 is 0 Å². The molecule has 5 heteroatoms. The summed E-state index contributed by atoms with van der Waals surface area (Å²) >= 11 is 5.98. The highest BCUT2D eigenvalue weighted by Gasteiger charge is 2.10. The summed E-state index contributed by atoms with van der Waals surface area (Å²) in [5.41, 5.74) is 1.27. The average molecular weight is 298 g/mol. The van der Waals surface area contributed by atoms with E-state index in [9.17, 15) is 9.65 Å². The number of benzene rings is 2. The lowest BCUT2D eigenvalue weighted by Crippen LogP contribution is -1.98. The van der Waals surface area contributed by atoms with Crippen molar-refractivity contribution in [2.45, 2.75) is 0 Å². The molecule has 1 N–H and O–H groups in total. The first kappa shape index (κ1) is 13.3. The van der Waals surface area contributed by atoms with Crippen molar-refractivity contribution in [3.63, 3.8) is 0 Å². The molecule has 0 aliphatic carbocycles. The Balaban J connectivity index is 2.12. The van der Waals surface area contributed by atoms with Gasteiger partial charge in [0.1, 0.15) is 11.6 Å². The third-order valence-corrected chi connectivity index (χ3v) is 3.37. The van der Waals surface area contributed by atoms with Gasteiger partial charge in [0.2, 0.25) is 0 Å². The molecular formula is C16H9ClFN3. The summed E-state index contributed by atoms with van der Waals surface area (Å²) in [6, 6.07) is 15.4. The lowest BCUT2D eigenvalue weighted by molar-refractivity contribution is 0.632. The third-order valence-electron chi connectivity index (χ3n) is 3.05. The van der Waals surface area contributed by atoms with Crippen LogP contribution in [0.3, 0.4) is 0 Å². The van der Waals surface area contributed by atoms with Gasteiger partial charge in [-0.1, -0.05) is 35.9 Å². The number of pyridine rings is 1. The van der Waals surface area contributed by atoms with Crippen LogP contribution in [0.2, 0.25) is 5.02 Å². The van der Waals surface area contributed by atoms with Crippen LogP contribution in [-0.2, 0) is 0 Å². The Morgan fingerprint density at radius 3 is 2.71 bits per heavy atom. The Hall–Kier alpha value is -2.64. The zero-order valence-electron chi connectivity index (χ0n) is 10.8. The van der Waals surface area contributed by atoms with E-state index in [0.717, 1.165) is 5.39 Å². The highest BCUT2D eigenvalue weighted by Crippen LogP contribution is 2.29. The quantitative estimate of drug-likeness (QED) is 0.749. The summed E-state index contributed by atoms with van der Waals surface area (Å²) < 4.78 is 13.8. The minimum atomic E-state index is -0.476. The smallest absolute Gasteiger partial charge is 0.148 e. The Morgan fingerprint density at radius 2 is 1.95 bits per heavy atom. The number of halogens is 2. The molecule has 0 atom stereocenters. The molecule has 0 fully saturated rings. The maximum atomic E-state index is 13.8. The van der Waals surface area contributed by atoms with E-state index in [-0.39, 0.29) is 10.7 Å². The van der Waals surface area contributed by atoms with E-state index in [1.165, 1.54) is 12.1 Å². The molecule has 0 aliphatic rings. The first-order valence-electron chi connectivity index (χ1n) is 6.20. The Kier molecular flexibility index (Phi) is 3.43. The van der Waals surface area contributed by atoms with Crippen molar-refractivity contribution in [1.29, 1.82) is 5.26 Å². The predicted molar refractivity (Wildman–Crippen MR) is 81.2 cm³/mol. The molecule has 2 aromatic carbocycles. The summed E-state index contributed by atoms with van der Waals surface area (Å²) in [5, 5.41) is 13.1. The van der Waals surface area contributed by atoms with Crippen LogP contribution in [0, 0.1) is 17.1 Å². The highest BCUT2D eigenvalue weighted by atomic mass is 35.5. The zero-order chi connectivity index (χ0) is 14.8. The maximum absolute atomic E-state index is 13.8. The first-order valence-corrected chi connectivity index (χ1v) is 6.58. The maximum Gasteiger partial charge on any atom is 0.148 e. The van der Waals surface area contributed by atoms with Crippen LogP contribution in [0.15, 0.2) is 48.5 Å². The Morgan fingerprint density at radius 1 is 1.14 bits per heavy atom. The van der Waals surface area contributed by atoms with Crippen molar-refractivity contribution in [2.24, 2.45) is 0 Å². The van der Waals surface area contributed by atoms with Gasteiger partial charge in [0.15, 0.2) is 0 Å². The van der Waals surface area contributed by atoms with E-state index < -0.39 is 5.82 Å². The molecular weight excluding hydrogens is 289 g/mol. The van der Waals surface area contributed by atoms with Crippen molar-refractivity contribution >= 4 is 34.0 Å². The molecule has 0 saturated carbocycles. The van der Waals surface area contributed by atoms with Crippen molar-refractivity contribution in [1.82, 2.24) is 4.98 Å². The second-order valence-electron chi connectivity index (χ2n) is 4.41. The molecule has 1 heterocycles. The number of rotatable bonds is 2. The number of fused-ring (bicyclic) bond motifs is 1. The molecule has 0 unspecified atom stereocenters. The molecule has 0 saturated heterocycles. The summed E-state index contributed by atoms with van der Waals surface area (Å²) in [6.07, 6.45) is 0. The van der Waals surface area contributed by atoms with Crippen LogP contribution in [-0.4, -0.2) is 4.98 Å². The van der Waals surface area contributed by atoms with Crippen molar-refractivity contribution in [3.8, 4) is 6.07 Å². The van der Waals surface area contributed by atoms with Gasteiger partial charge in [0.05, 0.1) is 27.9 Å². The van der Waals surface area contributed by atoms with E-state index in [0.29, 0.717) is 16.9 Å². The molecule has 0 radical (unpaired) electrons. The predicted octanol–water partition coefficient (Wildman–Crippen LogP) is 4.64. The molecule has 3 aromatic rings. The number of para-hydroxylation sites is 2. The SMILES string of the molecule is N#Cc1cc(Nc2c(F)cccc2Cl)nc2ccccc12. The monoisotopic (exact) mass is 297 g/mol. The van der Waals surface area contributed by atoms with Crippen molar-refractivity contribution in [3.05, 3.63) is 64.9 Å². The molecule has 3 nitrogen and oxygen atoms in total. The normalized spacial score (nSPS) is 10.3. The van der Waals surface area contributed by atoms with Crippen molar-refractivity contribution < 1.29 is 4.39 Å². The van der Waals surface area contributed by atoms with Gasteiger partial charge < -0.3 is 5.32 Å². The van der Waals surface area contributed by atoms with Gasteiger partial charge in [0.25, 0.3) is 0 Å². The minimum absolute atomic E-state index is 0.144. The number of nitriles is 1. The summed E-state index contributed by atoms with van der Waals surface area (Å²) in [4.78, 5) is 4.37. The number of anilines is 2. The number of hydrogen-bond donors (Lipinski definition) is 1. The Bertz CT molecular complexity index is 851. The van der Waals surface area contributed by atoms with Crippen LogP contribution in [0.25, 0.3) is 10.9 Å². The fraction of sp³-hybridized carbons (Fsp3) is 0. The zero-order valence-corrected chi connectivity index (χ0v) is 11.5. The van der Waals surface area contributed by atoms with Crippen molar-refractivity contribution in [2.75, 3.05) is 5.32 Å². The van der Waals surface area contributed by atoms with Crippen LogP contribution in [0.5, 0.6) is 0 Å². The second-order valence-corrected chi connectivity index (χ2v) is 4.81. The van der Waals surface area contributed by atoms with Gasteiger partial charge in [0, 0.05) is 5.39 Å². The van der Waals surface area contributed by atoms with Crippen LogP contribution < -0.4 is 5.32 Å². The topological polar surface area (TPSA) is 48.7 Å². The Labute approximate surface area is 125 Å². The van der Waals surface area contributed by atoms with Gasteiger partial charge in [-0.25, -0.2) is 9.37 Å². The summed E-state index contributed by atoms with van der Waals surface area (Å²) in [6.45, 7) is 0. The van der Waals surface area contributed by atoms with E-state index in [2.05, 4.69) is 16.4 Å². The minimum Gasteiger partial charge on any atom is -0.337 e. The largest absolute Gasteiger partial charge is 0.337 e.